The number of aromatic nitrogens is 2. The first-order chi connectivity index (χ1) is 16.0. The summed E-state index contributed by atoms with van der Waals surface area (Å²) in [7, 11) is 4.19. The van der Waals surface area contributed by atoms with Gasteiger partial charge in [-0.3, -0.25) is 5.41 Å². The summed E-state index contributed by atoms with van der Waals surface area (Å²) in [6.45, 7) is 4.52. The van der Waals surface area contributed by atoms with Gasteiger partial charge in [-0.25, -0.2) is 4.98 Å². The van der Waals surface area contributed by atoms with Gasteiger partial charge in [0.15, 0.2) is 0 Å². The van der Waals surface area contributed by atoms with Gasteiger partial charge in [0.25, 0.3) is 0 Å². The quantitative estimate of drug-likeness (QED) is 0.249. The van der Waals surface area contributed by atoms with E-state index in [2.05, 4.69) is 47.1 Å². The van der Waals surface area contributed by atoms with Crippen LogP contribution in [0.3, 0.4) is 0 Å². The third kappa shape index (κ3) is 5.80. The van der Waals surface area contributed by atoms with Gasteiger partial charge in [0, 0.05) is 25.2 Å². The molecule has 7 heteroatoms. The van der Waals surface area contributed by atoms with Crippen molar-refractivity contribution in [3.8, 4) is 5.75 Å². The van der Waals surface area contributed by atoms with E-state index < -0.39 is 0 Å². The van der Waals surface area contributed by atoms with Gasteiger partial charge in [0.2, 0.25) is 0 Å². The number of fused-ring (bicyclic) bond motifs is 1. The fraction of sp³-hybridized carbons (Fsp3) is 0.308. The second-order valence-electron chi connectivity index (χ2n) is 8.24. The fourth-order valence-corrected chi connectivity index (χ4v) is 4.43. The predicted molar refractivity (Wildman–Crippen MR) is 138 cm³/mol. The number of hydrogen-bond donors (Lipinski definition) is 2. The van der Waals surface area contributed by atoms with Crippen LogP contribution in [-0.2, 0) is 19.4 Å². The summed E-state index contributed by atoms with van der Waals surface area (Å²) < 4.78 is 7.89. The van der Waals surface area contributed by atoms with E-state index in [9.17, 15) is 0 Å². The van der Waals surface area contributed by atoms with Gasteiger partial charge in [0.1, 0.15) is 17.4 Å². The smallest absolute Gasteiger partial charge is 0.140 e. The van der Waals surface area contributed by atoms with Crippen LogP contribution in [-0.4, -0.2) is 47.5 Å². The van der Waals surface area contributed by atoms with Gasteiger partial charge in [-0.2, -0.15) is 0 Å². The van der Waals surface area contributed by atoms with Gasteiger partial charge in [0.05, 0.1) is 22.5 Å². The zero-order valence-corrected chi connectivity index (χ0v) is 20.3. The highest BCUT2D eigenvalue weighted by Crippen LogP contribution is 2.23. The van der Waals surface area contributed by atoms with Gasteiger partial charge in [-0.1, -0.05) is 18.2 Å². The molecular formula is C26H31N5OS. The van der Waals surface area contributed by atoms with Crippen LogP contribution in [0.2, 0.25) is 0 Å². The van der Waals surface area contributed by atoms with Crippen LogP contribution in [0, 0.1) is 5.41 Å². The van der Waals surface area contributed by atoms with Crippen molar-refractivity contribution in [1.29, 1.82) is 5.41 Å². The molecule has 0 saturated carbocycles. The molecule has 0 spiro atoms. The molecule has 0 aliphatic carbocycles. The average molecular weight is 462 g/mol. The lowest BCUT2D eigenvalue weighted by molar-refractivity contribution is 0.340. The van der Waals surface area contributed by atoms with Crippen molar-refractivity contribution in [2.75, 3.05) is 32.6 Å². The summed E-state index contributed by atoms with van der Waals surface area (Å²) in [4.78, 5) is 8.11. The SMILES string of the molecule is CCOc1ccc(CCc2nc3cc(NC(=N)c4cccs4)ccc3n2CCN(C)C)cc1. The van der Waals surface area contributed by atoms with E-state index in [-0.39, 0.29) is 0 Å². The van der Waals surface area contributed by atoms with Crippen LogP contribution in [0.5, 0.6) is 5.75 Å². The number of rotatable bonds is 10. The minimum absolute atomic E-state index is 0.409. The Morgan fingerprint density at radius 2 is 1.94 bits per heavy atom. The summed E-state index contributed by atoms with van der Waals surface area (Å²) in [5.74, 6) is 2.41. The van der Waals surface area contributed by atoms with Crippen LogP contribution < -0.4 is 10.1 Å². The molecule has 4 aromatic rings. The van der Waals surface area contributed by atoms with Crippen molar-refractivity contribution in [2.24, 2.45) is 0 Å². The Morgan fingerprint density at radius 1 is 1.12 bits per heavy atom. The molecule has 0 saturated heterocycles. The van der Waals surface area contributed by atoms with Crippen molar-refractivity contribution >= 4 is 33.9 Å². The number of hydrogen-bond acceptors (Lipinski definition) is 5. The maximum Gasteiger partial charge on any atom is 0.140 e. The maximum atomic E-state index is 8.31. The number of ether oxygens (including phenoxy) is 1. The van der Waals surface area contributed by atoms with Crippen molar-refractivity contribution in [3.63, 3.8) is 0 Å². The lowest BCUT2D eigenvalue weighted by Crippen LogP contribution is -2.19. The summed E-state index contributed by atoms with van der Waals surface area (Å²) in [5, 5.41) is 13.5. The van der Waals surface area contributed by atoms with Gasteiger partial charge < -0.3 is 19.5 Å². The molecule has 0 fully saturated rings. The van der Waals surface area contributed by atoms with E-state index >= 15 is 0 Å². The largest absolute Gasteiger partial charge is 0.494 e. The Morgan fingerprint density at radius 3 is 2.64 bits per heavy atom. The minimum atomic E-state index is 0.409. The Labute approximate surface area is 199 Å². The lowest BCUT2D eigenvalue weighted by atomic mass is 10.1. The first-order valence-corrected chi connectivity index (χ1v) is 12.2. The molecule has 172 valence electrons. The Kier molecular flexibility index (Phi) is 7.42. The normalized spacial score (nSPS) is 11.3. The van der Waals surface area contributed by atoms with Crippen LogP contribution in [0.4, 0.5) is 5.69 Å². The number of anilines is 1. The number of amidine groups is 1. The third-order valence-electron chi connectivity index (χ3n) is 5.51. The first kappa shape index (κ1) is 23.0. The van der Waals surface area contributed by atoms with E-state index in [1.165, 1.54) is 5.56 Å². The molecule has 2 N–H and O–H groups in total. The molecule has 2 heterocycles. The molecule has 0 atom stereocenters. The molecule has 6 nitrogen and oxygen atoms in total. The minimum Gasteiger partial charge on any atom is -0.494 e. The molecular weight excluding hydrogens is 430 g/mol. The molecule has 33 heavy (non-hydrogen) atoms. The number of nitrogens with zero attached hydrogens (tertiary/aromatic N) is 3. The molecule has 0 aliphatic heterocycles. The van der Waals surface area contributed by atoms with Crippen LogP contribution in [0.15, 0.2) is 60.0 Å². The summed E-state index contributed by atoms with van der Waals surface area (Å²) in [6.07, 6.45) is 1.79. The topological polar surface area (TPSA) is 66.2 Å². The molecule has 0 radical (unpaired) electrons. The molecule has 2 aromatic heterocycles. The number of thiophene rings is 1. The Hall–Kier alpha value is -3.16. The van der Waals surface area contributed by atoms with E-state index in [4.69, 9.17) is 15.1 Å². The van der Waals surface area contributed by atoms with E-state index in [1.807, 2.05) is 48.7 Å². The molecule has 0 amide bonds. The van der Waals surface area contributed by atoms with Crippen molar-refractivity contribution in [2.45, 2.75) is 26.3 Å². The molecule has 0 bridgehead atoms. The number of benzene rings is 2. The zero-order chi connectivity index (χ0) is 23.2. The van der Waals surface area contributed by atoms with Crippen molar-refractivity contribution in [1.82, 2.24) is 14.5 Å². The lowest BCUT2D eigenvalue weighted by Gasteiger charge is -2.14. The zero-order valence-electron chi connectivity index (χ0n) is 19.5. The average Bonchev–Trinajstić information content (AvgIpc) is 3.45. The molecule has 0 unspecified atom stereocenters. The van der Waals surface area contributed by atoms with Gasteiger partial charge in [-0.15, -0.1) is 11.3 Å². The van der Waals surface area contributed by atoms with E-state index in [1.54, 1.807) is 11.3 Å². The van der Waals surface area contributed by atoms with Gasteiger partial charge in [-0.05, 0) is 74.8 Å². The first-order valence-electron chi connectivity index (χ1n) is 11.3. The second-order valence-corrected chi connectivity index (χ2v) is 9.19. The van der Waals surface area contributed by atoms with Crippen molar-refractivity contribution in [3.05, 3.63) is 76.2 Å². The van der Waals surface area contributed by atoms with Crippen LogP contribution in [0.1, 0.15) is 23.2 Å². The monoisotopic (exact) mass is 461 g/mol. The summed E-state index contributed by atoms with van der Waals surface area (Å²) in [6, 6.07) is 18.5. The highest BCUT2D eigenvalue weighted by Gasteiger charge is 2.13. The number of imidazole rings is 1. The summed E-state index contributed by atoms with van der Waals surface area (Å²) >= 11 is 1.56. The van der Waals surface area contributed by atoms with Gasteiger partial charge >= 0.3 is 0 Å². The highest BCUT2D eigenvalue weighted by atomic mass is 32.1. The van der Waals surface area contributed by atoms with Crippen LogP contribution in [0.25, 0.3) is 11.0 Å². The molecule has 0 aliphatic rings. The number of aryl methyl sites for hydroxylation is 2. The van der Waals surface area contributed by atoms with E-state index in [0.717, 1.165) is 59.1 Å². The maximum absolute atomic E-state index is 8.31. The standard InChI is InChI=1S/C26H31N5OS/c1-4-32-21-11-7-19(8-12-21)9-14-25-29-22-18-20(28-26(27)24-6-5-17-33-24)10-13-23(22)31(25)16-15-30(2)3/h5-8,10-13,17-18H,4,9,14-16H2,1-3H3,(H2,27,28). The second kappa shape index (κ2) is 10.6. The highest BCUT2D eigenvalue weighted by molar-refractivity contribution is 7.12. The molecule has 4 rings (SSSR count). The number of nitrogens with one attached hydrogen (secondary N) is 2. The number of likely N-dealkylation sites (N-methyl/N-ethyl adjacent to an activating group) is 1. The Bertz CT molecular complexity index is 1200. The Balaban J connectivity index is 1.55. The summed E-state index contributed by atoms with van der Waals surface area (Å²) in [5.41, 5.74) is 4.25. The van der Waals surface area contributed by atoms with Crippen LogP contribution >= 0.6 is 11.3 Å². The fourth-order valence-electron chi connectivity index (χ4n) is 3.80. The molecule has 2 aromatic carbocycles. The third-order valence-corrected chi connectivity index (χ3v) is 6.39. The predicted octanol–water partition coefficient (Wildman–Crippen LogP) is 5.28. The van der Waals surface area contributed by atoms with E-state index in [0.29, 0.717) is 12.4 Å². The van der Waals surface area contributed by atoms with Crippen molar-refractivity contribution < 1.29 is 4.74 Å².